The van der Waals surface area contributed by atoms with Crippen LogP contribution in [0.15, 0.2) is 18.6 Å². The molecule has 0 amide bonds. The van der Waals surface area contributed by atoms with Crippen LogP contribution in [-0.4, -0.2) is 31.3 Å². The monoisotopic (exact) mass is 220 g/mol. The summed E-state index contributed by atoms with van der Waals surface area (Å²) in [4.78, 5) is 8.12. The minimum atomic E-state index is 0.538. The molecule has 0 bridgehead atoms. The Morgan fingerprint density at radius 1 is 1.00 bits per heavy atom. The standard InChI is InChI=1S/C11H12N2O3/c1-14-8-4-7-5-12-6-13-9(7)11(16-3)10(8)15-2/h4-6H,1-3H3. The van der Waals surface area contributed by atoms with E-state index in [9.17, 15) is 0 Å². The van der Waals surface area contributed by atoms with Crippen LogP contribution in [0.1, 0.15) is 0 Å². The summed E-state index contributed by atoms with van der Waals surface area (Å²) in [6.45, 7) is 0. The van der Waals surface area contributed by atoms with Gasteiger partial charge in [-0.1, -0.05) is 0 Å². The number of benzene rings is 1. The van der Waals surface area contributed by atoms with Gasteiger partial charge < -0.3 is 14.2 Å². The lowest BCUT2D eigenvalue weighted by atomic mass is 10.2. The van der Waals surface area contributed by atoms with E-state index < -0.39 is 0 Å². The maximum atomic E-state index is 5.30. The van der Waals surface area contributed by atoms with E-state index >= 15 is 0 Å². The number of nitrogens with zero attached hydrogens (tertiary/aromatic N) is 2. The van der Waals surface area contributed by atoms with Gasteiger partial charge in [0.25, 0.3) is 0 Å². The Labute approximate surface area is 93.0 Å². The molecule has 5 heteroatoms. The Kier molecular flexibility index (Phi) is 2.76. The fourth-order valence-electron chi connectivity index (χ4n) is 1.60. The normalized spacial score (nSPS) is 10.2. The van der Waals surface area contributed by atoms with Crippen molar-refractivity contribution in [2.24, 2.45) is 0 Å². The third kappa shape index (κ3) is 1.50. The molecule has 16 heavy (non-hydrogen) atoms. The van der Waals surface area contributed by atoms with Crippen LogP contribution in [0, 0.1) is 0 Å². The van der Waals surface area contributed by atoms with E-state index in [4.69, 9.17) is 14.2 Å². The molecule has 0 aliphatic heterocycles. The molecule has 1 aromatic heterocycles. The van der Waals surface area contributed by atoms with Crippen molar-refractivity contribution in [1.82, 2.24) is 9.97 Å². The van der Waals surface area contributed by atoms with Gasteiger partial charge in [0.15, 0.2) is 11.5 Å². The molecule has 0 atom stereocenters. The van der Waals surface area contributed by atoms with Crippen molar-refractivity contribution in [3.8, 4) is 17.2 Å². The summed E-state index contributed by atoms with van der Waals surface area (Å²) in [6.07, 6.45) is 3.17. The van der Waals surface area contributed by atoms with Gasteiger partial charge >= 0.3 is 0 Å². The molecular weight excluding hydrogens is 208 g/mol. The molecule has 0 saturated carbocycles. The number of methoxy groups -OCH3 is 3. The fourth-order valence-corrected chi connectivity index (χ4v) is 1.60. The van der Waals surface area contributed by atoms with Crippen LogP contribution in [-0.2, 0) is 0 Å². The number of aromatic nitrogens is 2. The summed E-state index contributed by atoms with van der Waals surface area (Å²) >= 11 is 0. The van der Waals surface area contributed by atoms with E-state index in [1.165, 1.54) is 6.33 Å². The first-order valence-electron chi connectivity index (χ1n) is 4.70. The van der Waals surface area contributed by atoms with Crippen LogP contribution in [0.5, 0.6) is 17.2 Å². The highest BCUT2D eigenvalue weighted by Gasteiger charge is 2.16. The van der Waals surface area contributed by atoms with E-state index in [0.29, 0.717) is 22.8 Å². The zero-order chi connectivity index (χ0) is 11.5. The SMILES string of the molecule is COc1cc2cncnc2c(OC)c1OC. The van der Waals surface area contributed by atoms with Crippen molar-refractivity contribution in [3.63, 3.8) is 0 Å². The largest absolute Gasteiger partial charge is 0.493 e. The Hall–Kier alpha value is -2.04. The maximum absolute atomic E-state index is 5.30. The molecule has 0 radical (unpaired) electrons. The third-order valence-corrected chi connectivity index (χ3v) is 2.30. The molecule has 0 fully saturated rings. The molecule has 84 valence electrons. The van der Waals surface area contributed by atoms with Gasteiger partial charge in [-0.2, -0.15) is 0 Å². The third-order valence-electron chi connectivity index (χ3n) is 2.30. The van der Waals surface area contributed by atoms with Crippen molar-refractivity contribution in [2.45, 2.75) is 0 Å². The Morgan fingerprint density at radius 3 is 2.38 bits per heavy atom. The number of rotatable bonds is 3. The highest BCUT2D eigenvalue weighted by Crippen LogP contribution is 2.41. The van der Waals surface area contributed by atoms with Gasteiger partial charge in [0.05, 0.1) is 21.3 Å². The van der Waals surface area contributed by atoms with Gasteiger partial charge in [0, 0.05) is 11.6 Å². The van der Waals surface area contributed by atoms with Crippen molar-refractivity contribution >= 4 is 10.9 Å². The van der Waals surface area contributed by atoms with E-state index in [-0.39, 0.29) is 0 Å². The van der Waals surface area contributed by atoms with Crippen molar-refractivity contribution < 1.29 is 14.2 Å². The number of fused-ring (bicyclic) bond motifs is 1. The lowest BCUT2D eigenvalue weighted by molar-refractivity contribution is 0.327. The van der Waals surface area contributed by atoms with Gasteiger partial charge in [0.1, 0.15) is 11.8 Å². The summed E-state index contributed by atoms with van der Waals surface area (Å²) in [7, 11) is 4.71. The van der Waals surface area contributed by atoms with Crippen LogP contribution in [0.3, 0.4) is 0 Å². The zero-order valence-corrected chi connectivity index (χ0v) is 9.35. The molecule has 0 spiro atoms. The van der Waals surface area contributed by atoms with E-state index in [1.807, 2.05) is 6.07 Å². The topological polar surface area (TPSA) is 53.5 Å². The van der Waals surface area contributed by atoms with Gasteiger partial charge in [-0.15, -0.1) is 0 Å². The predicted molar refractivity (Wildman–Crippen MR) is 59.2 cm³/mol. The first-order chi connectivity index (χ1) is 7.81. The summed E-state index contributed by atoms with van der Waals surface area (Å²) < 4.78 is 15.8. The lowest BCUT2D eigenvalue weighted by Crippen LogP contribution is -1.97. The predicted octanol–water partition coefficient (Wildman–Crippen LogP) is 1.66. The van der Waals surface area contributed by atoms with Crippen molar-refractivity contribution in [3.05, 3.63) is 18.6 Å². The molecule has 2 rings (SSSR count). The Morgan fingerprint density at radius 2 is 1.75 bits per heavy atom. The number of hydrogen-bond acceptors (Lipinski definition) is 5. The molecule has 0 aliphatic carbocycles. The first-order valence-corrected chi connectivity index (χ1v) is 4.70. The maximum Gasteiger partial charge on any atom is 0.205 e. The van der Waals surface area contributed by atoms with Gasteiger partial charge in [-0.3, -0.25) is 0 Å². The van der Waals surface area contributed by atoms with Gasteiger partial charge in [-0.25, -0.2) is 9.97 Å². The van der Waals surface area contributed by atoms with E-state index in [0.717, 1.165) is 5.39 Å². The first kappa shape index (κ1) is 10.5. The highest BCUT2D eigenvalue weighted by atomic mass is 16.5. The lowest BCUT2D eigenvalue weighted by Gasteiger charge is -2.13. The molecular formula is C11H12N2O3. The van der Waals surface area contributed by atoms with Gasteiger partial charge in [-0.05, 0) is 6.07 Å². The summed E-state index contributed by atoms with van der Waals surface area (Å²) in [5.41, 5.74) is 0.704. The van der Waals surface area contributed by atoms with Crippen molar-refractivity contribution in [1.29, 1.82) is 0 Å². The second-order valence-corrected chi connectivity index (χ2v) is 3.11. The second-order valence-electron chi connectivity index (χ2n) is 3.11. The summed E-state index contributed by atoms with van der Waals surface area (Å²) in [5, 5.41) is 0.844. The molecule has 5 nitrogen and oxygen atoms in total. The van der Waals surface area contributed by atoms with Crippen LogP contribution >= 0.6 is 0 Å². The smallest absolute Gasteiger partial charge is 0.205 e. The zero-order valence-electron chi connectivity index (χ0n) is 9.35. The van der Waals surface area contributed by atoms with Gasteiger partial charge in [0.2, 0.25) is 5.75 Å². The van der Waals surface area contributed by atoms with Crippen LogP contribution in [0.4, 0.5) is 0 Å². The Bertz CT molecular complexity index is 514. The fraction of sp³-hybridized carbons (Fsp3) is 0.273. The minimum Gasteiger partial charge on any atom is -0.493 e. The molecule has 2 aromatic rings. The number of hydrogen-bond donors (Lipinski definition) is 0. The molecule has 0 N–H and O–H groups in total. The minimum absolute atomic E-state index is 0.538. The van der Waals surface area contributed by atoms with E-state index in [1.54, 1.807) is 27.5 Å². The summed E-state index contributed by atoms with van der Waals surface area (Å²) in [5.74, 6) is 1.69. The molecule has 0 saturated heterocycles. The number of ether oxygens (including phenoxy) is 3. The highest BCUT2D eigenvalue weighted by molar-refractivity contribution is 5.89. The molecule has 0 aliphatic rings. The van der Waals surface area contributed by atoms with Crippen LogP contribution < -0.4 is 14.2 Å². The van der Waals surface area contributed by atoms with E-state index in [2.05, 4.69) is 9.97 Å². The average Bonchev–Trinajstić information content (AvgIpc) is 2.36. The Balaban J connectivity index is 2.82. The van der Waals surface area contributed by atoms with Crippen LogP contribution in [0.2, 0.25) is 0 Å². The van der Waals surface area contributed by atoms with Crippen LogP contribution in [0.25, 0.3) is 10.9 Å². The quantitative estimate of drug-likeness (QED) is 0.787. The average molecular weight is 220 g/mol. The summed E-state index contributed by atoms with van der Waals surface area (Å²) in [6, 6.07) is 1.82. The van der Waals surface area contributed by atoms with Crippen molar-refractivity contribution in [2.75, 3.05) is 21.3 Å². The second kappa shape index (κ2) is 4.22. The molecule has 1 aromatic carbocycles. The molecule has 0 unspecified atom stereocenters. The molecule has 1 heterocycles.